The number of nitrogens with one attached hydrogen (secondary N) is 2. The summed E-state index contributed by atoms with van der Waals surface area (Å²) in [5.74, 6) is 1.26. The third-order valence-electron chi connectivity index (χ3n) is 5.14. The predicted octanol–water partition coefficient (Wildman–Crippen LogP) is 4.99. The van der Waals surface area contributed by atoms with Crippen molar-refractivity contribution in [1.29, 1.82) is 0 Å². The van der Waals surface area contributed by atoms with Crippen molar-refractivity contribution < 1.29 is 0 Å². The summed E-state index contributed by atoms with van der Waals surface area (Å²) in [4.78, 5) is 15.6. The van der Waals surface area contributed by atoms with Gasteiger partial charge in [0.05, 0.1) is 11.7 Å². The lowest BCUT2D eigenvalue weighted by atomic mass is 10.1. The summed E-state index contributed by atoms with van der Waals surface area (Å²) in [7, 11) is 0. The molecule has 1 aromatic heterocycles. The number of hydrogen-bond acceptors (Lipinski definition) is 6. The summed E-state index contributed by atoms with van der Waals surface area (Å²) in [5, 5.41) is 6.73. The van der Waals surface area contributed by atoms with E-state index in [9.17, 15) is 0 Å². The number of anilines is 3. The summed E-state index contributed by atoms with van der Waals surface area (Å²) in [6.07, 6.45) is 2.09. The van der Waals surface area contributed by atoms with Crippen LogP contribution in [-0.4, -0.2) is 27.3 Å². The molecule has 2 N–H and O–H groups in total. The summed E-state index contributed by atoms with van der Waals surface area (Å²) in [5.41, 5.74) is 3.59. The Morgan fingerprint density at radius 1 is 0.935 bits per heavy atom. The second kappa shape index (κ2) is 8.65. The van der Waals surface area contributed by atoms with Crippen molar-refractivity contribution in [2.45, 2.75) is 10.9 Å². The first-order valence-corrected chi connectivity index (χ1v) is 11.3. The van der Waals surface area contributed by atoms with E-state index in [1.807, 2.05) is 60.7 Å². The van der Waals surface area contributed by atoms with Crippen LogP contribution in [0.1, 0.15) is 11.6 Å². The highest BCUT2D eigenvalue weighted by Crippen LogP contribution is 2.28. The van der Waals surface area contributed by atoms with Gasteiger partial charge in [-0.05, 0) is 48.2 Å². The highest BCUT2D eigenvalue weighted by Gasteiger charge is 2.26. The van der Waals surface area contributed by atoms with Crippen LogP contribution in [0, 0.1) is 0 Å². The smallest absolute Gasteiger partial charge is 0.236 e. The minimum absolute atomic E-state index is 0.0687. The SMILES string of the molecule is CSc1ccc(C2CNc3nc(Nc4ccccc4)nc(=Nc4ccccc4)n32)cc1. The molecule has 0 saturated carbocycles. The zero-order valence-corrected chi connectivity index (χ0v) is 17.9. The predicted molar refractivity (Wildman–Crippen MR) is 126 cm³/mol. The molecule has 5 rings (SSSR count). The van der Waals surface area contributed by atoms with Gasteiger partial charge in [-0.3, -0.25) is 4.57 Å². The van der Waals surface area contributed by atoms with Gasteiger partial charge in [-0.25, -0.2) is 4.99 Å². The van der Waals surface area contributed by atoms with Crippen LogP contribution in [0.15, 0.2) is 94.8 Å². The van der Waals surface area contributed by atoms with Gasteiger partial charge in [0.1, 0.15) is 0 Å². The molecule has 0 amide bonds. The van der Waals surface area contributed by atoms with Gasteiger partial charge >= 0.3 is 0 Å². The Balaban J connectivity index is 1.61. The number of nitrogens with zero attached hydrogens (tertiary/aromatic N) is 4. The molecule has 0 spiro atoms. The number of hydrogen-bond donors (Lipinski definition) is 2. The van der Waals surface area contributed by atoms with Gasteiger partial charge in [0.15, 0.2) is 0 Å². The largest absolute Gasteiger partial charge is 0.353 e. The first-order valence-electron chi connectivity index (χ1n) is 10.1. The van der Waals surface area contributed by atoms with E-state index in [1.54, 1.807) is 11.8 Å². The first-order chi connectivity index (χ1) is 15.3. The maximum Gasteiger partial charge on any atom is 0.236 e. The van der Waals surface area contributed by atoms with Gasteiger partial charge in [-0.2, -0.15) is 9.97 Å². The quantitative estimate of drug-likeness (QED) is 0.440. The molecule has 0 radical (unpaired) electrons. The first kappa shape index (κ1) is 19.4. The molecule has 154 valence electrons. The number of para-hydroxylation sites is 2. The number of aromatic nitrogens is 3. The summed E-state index contributed by atoms with van der Waals surface area (Å²) < 4.78 is 2.08. The molecule has 2 heterocycles. The topological polar surface area (TPSA) is 67.1 Å². The molecule has 1 aliphatic rings. The average Bonchev–Trinajstić information content (AvgIpc) is 3.25. The van der Waals surface area contributed by atoms with Crippen molar-refractivity contribution in [2.24, 2.45) is 4.99 Å². The van der Waals surface area contributed by atoms with Crippen LogP contribution < -0.4 is 16.3 Å². The zero-order chi connectivity index (χ0) is 21.0. The van der Waals surface area contributed by atoms with E-state index < -0.39 is 0 Å². The maximum atomic E-state index is 4.85. The molecule has 4 aromatic rings. The minimum Gasteiger partial charge on any atom is -0.353 e. The van der Waals surface area contributed by atoms with E-state index in [4.69, 9.17) is 15.0 Å². The van der Waals surface area contributed by atoms with Crippen LogP contribution >= 0.6 is 11.8 Å². The highest BCUT2D eigenvalue weighted by molar-refractivity contribution is 7.98. The Morgan fingerprint density at radius 3 is 2.35 bits per heavy atom. The Bertz CT molecular complexity index is 1240. The van der Waals surface area contributed by atoms with Gasteiger partial charge in [0.2, 0.25) is 17.5 Å². The highest BCUT2D eigenvalue weighted by atomic mass is 32.2. The lowest BCUT2D eigenvalue weighted by molar-refractivity contribution is 0.613. The average molecular weight is 427 g/mol. The third-order valence-corrected chi connectivity index (χ3v) is 5.89. The molecule has 0 saturated heterocycles. The van der Waals surface area contributed by atoms with Crippen LogP contribution in [0.3, 0.4) is 0 Å². The molecule has 31 heavy (non-hydrogen) atoms. The van der Waals surface area contributed by atoms with Crippen molar-refractivity contribution in [3.05, 3.63) is 96.1 Å². The molecular formula is C24H22N6S. The number of rotatable bonds is 5. The number of benzene rings is 3. The normalized spacial score (nSPS) is 15.4. The molecule has 1 atom stereocenters. The lowest BCUT2D eigenvalue weighted by Crippen LogP contribution is -2.28. The monoisotopic (exact) mass is 426 g/mol. The van der Waals surface area contributed by atoms with Crippen molar-refractivity contribution in [3.63, 3.8) is 0 Å². The molecule has 0 aliphatic carbocycles. The fraction of sp³-hybridized carbons (Fsp3) is 0.125. The fourth-order valence-electron chi connectivity index (χ4n) is 3.61. The van der Waals surface area contributed by atoms with Crippen molar-refractivity contribution >= 4 is 35.0 Å². The molecule has 0 fully saturated rings. The molecule has 0 bridgehead atoms. The maximum absolute atomic E-state index is 4.85. The Kier molecular flexibility index (Phi) is 5.41. The number of thioether (sulfide) groups is 1. The van der Waals surface area contributed by atoms with Crippen LogP contribution in [0.4, 0.5) is 23.3 Å². The van der Waals surface area contributed by atoms with Gasteiger partial charge in [0, 0.05) is 17.1 Å². The van der Waals surface area contributed by atoms with E-state index in [-0.39, 0.29) is 6.04 Å². The van der Waals surface area contributed by atoms with Crippen LogP contribution in [0.5, 0.6) is 0 Å². The van der Waals surface area contributed by atoms with Gasteiger partial charge in [-0.15, -0.1) is 11.8 Å². The third kappa shape index (κ3) is 4.18. The van der Waals surface area contributed by atoms with Gasteiger partial charge < -0.3 is 10.6 Å². The van der Waals surface area contributed by atoms with Crippen molar-refractivity contribution in [3.8, 4) is 0 Å². The molecule has 1 aliphatic heterocycles. The zero-order valence-electron chi connectivity index (χ0n) is 17.1. The lowest BCUT2D eigenvalue weighted by Gasteiger charge is -2.15. The molecule has 7 heteroatoms. The second-order valence-electron chi connectivity index (χ2n) is 7.15. The summed E-state index contributed by atoms with van der Waals surface area (Å²) in [6.45, 7) is 0.736. The van der Waals surface area contributed by atoms with E-state index >= 15 is 0 Å². The number of fused-ring (bicyclic) bond motifs is 1. The fourth-order valence-corrected chi connectivity index (χ4v) is 4.02. The van der Waals surface area contributed by atoms with Crippen LogP contribution in [-0.2, 0) is 0 Å². The molecular weight excluding hydrogens is 404 g/mol. The van der Waals surface area contributed by atoms with Gasteiger partial charge in [-0.1, -0.05) is 48.5 Å². The summed E-state index contributed by atoms with van der Waals surface area (Å²) >= 11 is 1.74. The molecule has 3 aromatic carbocycles. The Morgan fingerprint density at radius 2 is 1.65 bits per heavy atom. The standard InChI is InChI=1S/C24H22N6S/c1-31-20-14-12-17(13-15-20)21-16-25-23-28-22(26-18-8-4-2-5-9-18)29-24(30(21)23)27-19-10-6-3-7-11-19/h2-15,21H,16H2,1H3,(H2,25,26,27,28,29). The second-order valence-corrected chi connectivity index (χ2v) is 8.03. The van der Waals surface area contributed by atoms with Crippen molar-refractivity contribution in [1.82, 2.24) is 14.5 Å². The van der Waals surface area contributed by atoms with E-state index in [0.29, 0.717) is 11.6 Å². The van der Waals surface area contributed by atoms with Crippen LogP contribution in [0.2, 0.25) is 0 Å². The van der Waals surface area contributed by atoms with Crippen LogP contribution in [0.25, 0.3) is 0 Å². The van der Waals surface area contributed by atoms with E-state index in [0.717, 1.165) is 23.9 Å². The van der Waals surface area contributed by atoms with E-state index in [1.165, 1.54) is 10.5 Å². The Hall–Kier alpha value is -3.58. The van der Waals surface area contributed by atoms with E-state index in [2.05, 4.69) is 45.7 Å². The molecule has 1 unspecified atom stereocenters. The molecule has 6 nitrogen and oxygen atoms in total. The van der Waals surface area contributed by atoms with Gasteiger partial charge in [0.25, 0.3) is 0 Å². The minimum atomic E-state index is 0.0687. The van der Waals surface area contributed by atoms with Crippen molar-refractivity contribution in [2.75, 3.05) is 23.4 Å². The Labute approximate surface area is 185 Å². The summed E-state index contributed by atoms with van der Waals surface area (Å²) in [6, 6.07) is 28.5.